The molecule has 0 aromatic heterocycles. The molecule has 0 aliphatic carbocycles. The number of nitrogens with one attached hydrogen (secondary N) is 3. The maximum absolute atomic E-state index is 12.8. The van der Waals surface area contributed by atoms with Crippen LogP contribution in [0.2, 0.25) is 0 Å². The third kappa shape index (κ3) is 6.37. The first kappa shape index (κ1) is 24.5. The van der Waals surface area contributed by atoms with Crippen LogP contribution in [0.4, 0.5) is 10.5 Å². The van der Waals surface area contributed by atoms with Crippen LogP contribution < -0.4 is 25.4 Å². The van der Waals surface area contributed by atoms with Crippen molar-refractivity contribution in [2.75, 3.05) is 33.6 Å². The van der Waals surface area contributed by atoms with Crippen LogP contribution in [0.1, 0.15) is 40.1 Å². The van der Waals surface area contributed by atoms with E-state index in [-0.39, 0.29) is 29.5 Å². The van der Waals surface area contributed by atoms with Crippen molar-refractivity contribution in [2.45, 2.75) is 26.4 Å². The summed E-state index contributed by atoms with van der Waals surface area (Å²) in [6.45, 7) is 4.09. The summed E-state index contributed by atoms with van der Waals surface area (Å²) in [5.41, 5.74) is 1.83. The maximum Gasteiger partial charge on any atom is 0.315 e. The van der Waals surface area contributed by atoms with E-state index >= 15 is 0 Å². The second kappa shape index (κ2) is 11.0. The Hall–Kier alpha value is -3.75. The number of methoxy groups -OCH3 is 2. The number of hydrogen-bond acceptors (Lipinski definition) is 5. The number of benzene rings is 2. The molecule has 0 radical (unpaired) electrons. The van der Waals surface area contributed by atoms with Crippen molar-refractivity contribution < 1.29 is 23.9 Å². The molecule has 0 spiro atoms. The van der Waals surface area contributed by atoms with Gasteiger partial charge in [0.15, 0.2) is 11.5 Å². The smallest absolute Gasteiger partial charge is 0.315 e. The topological polar surface area (TPSA) is 109 Å². The van der Waals surface area contributed by atoms with Gasteiger partial charge < -0.3 is 30.3 Å². The fourth-order valence-corrected chi connectivity index (χ4v) is 2.86. The Morgan fingerprint density at radius 1 is 0.969 bits per heavy atom. The van der Waals surface area contributed by atoms with Gasteiger partial charge in [0, 0.05) is 38.3 Å². The quantitative estimate of drug-likeness (QED) is 0.583. The summed E-state index contributed by atoms with van der Waals surface area (Å²) in [4.78, 5) is 38.6. The van der Waals surface area contributed by atoms with E-state index in [2.05, 4.69) is 16.0 Å². The number of carbonyl (C=O) groups is 3. The molecule has 0 aliphatic heterocycles. The van der Waals surface area contributed by atoms with Gasteiger partial charge in [0.25, 0.3) is 11.8 Å². The predicted octanol–water partition coefficient (Wildman–Crippen LogP) is 2.87. The van der Waals surface area contributed by atoms with Crippen molar-refractivity contribution >= 4 is 23.5 Å². The standard InChI is InChI=1S/C23H30N4O5/c1-14(2)25-23(30)24-13-15-7-9-16(10-8-15)21(28)26-18-12-20(32-6)19(31-5)11-17(18)22(29)27(3)4/h7-12,14H,13H2,1-6H3,(H,26,28)(H2,24,25,30). The molecule has 32 heavy (non-hydrogen) atoms. The number of hydrogen-bond donors (Lipinski definition) is 3. The van der Waals surface area contributed by atoms with Crippen LogP contribution in [-0.4, -0.2) is 57.1 Å². The highest BCUT2D eigenvalue weighted by atomic mass is 16.5. The number of nitrogens with zero attached hydrogens (tertiary/aromatic N) is 1. The lowest BCUT2D eigenvalue weighted by Gasteiger charge is -2.18. The van der Waals surface area contributed by atoms with Crippen molar-refractivity contribution in [2.24, 2.45) is 0 Å². The van der Waals surface area contributed by atoms with Crippen LogP contribution in [-0.2, 0) is 6.54 Å². The molecule has 2 aromatic rings. The molecule has 4 amide bonds. The molecule has 9 heteroatoms. The largest absolute Gasteiger partial charge is 0.493 e. The average Bonchev–Trinajstić information content (AvgIpc) is 2.76. The minimum absolute atomic E-state index is 0.0434. The Bertz CT molecular complexity index is 971. The first-order valence-electron chi connectivity index (χ1n) is 10.1. The number of rotatable bonds is 8. The maximum atomic E-state index is 12.8. The fraction of sp³-hybridized carbons (Fsp3) is 0.348. The molecule has 2 aromatic carbocycles. The van der Waals surface area contributed by atoms with E-state index in [1.165, 1.54) is 25.2 Å². The van der Waals surface area contributed by atoms with Gasteiger partial charge in [0.05, 0.1) is 25.5 Å². The lowest BCUT2D eigenvalue weighted by molar-refractivity contribution is 0.0828. The summed E-state index contributed by atoms with van der Waals surface area (Å²) in [6, 6.07) is 9.69. The van der Waals surface area contributed by atoms with Gasteiger partial charge in [-0.1, -0.05) is 12.1 Å². The molecule has 0 heterocycles. The normalized spacial score (nSPS) is 10.3. The fourth-order valence-electron chi connectivity index (χ4n) is 2.86. The van der Waals surface area contributed by atoms with Gasteiger partial charge in [-0.15, -0.1) is 0 Å². The zero-order chi connectivity index (χ0) is 23.8. The van der Waals surface area contributed by atoms with E-state index in [0.717, 1.165) is 5.56 Å². The van der Waals surface area contributed by atoms with Gasteiger partial charge in [-0.2, -0.15) is 0 Å². The molecule has 0 aliphatic rings. The molecular formula is C23H30N4O5. The van der Waals surface area contributed by atoms with E-state index in [9.17, 15) is 14.4 Å². The van der Waals surface area contributed by atoms with Gasteiger partial charge in [-0.3, -0.25) is 9.59 Å². The van der Waals surface area contributed by atoms with E-state index in [4.69, 9.17) is 9.47 Å². The lowest BCUT2D eigenvalue weighted by Crippen LogP contribution is -2.39. The summed E-state index contributed by atoms with van der Waals surface area (Å²) in [5.74, 6) is 0.0951. The molecule has 0 saturated heterocycles. The van der Waals surface area contributed by atoms with Crippen LogP contribution in [0.5, 0.6) is 11.5 Å². The van der Waals surface area contributed by atoms with Crippen LogP contribution in [0.15, 0.2) is 36.4 Å². The number of anilines is 1. The second-order valence-electron chi connectivity index (χ2n) is 7.59. The van der Waals surface area contributed by atoms with Gasteiger partial charge in [0.1, 0.15) is 0 Å². The summed E-state index contributed by atoms with van der Waals surface area (Å²) >= 11 is 0. The zero-order valence-corrected chi connectivity index (χ0v) is 19.2. The molecule has 0 bridgehead atoms. The number of amides is 4. The van der Waals surface area contributed by atoms with Crippen LogP contribution in [0.25, 0.3) is 0 Å². The Morgan fingerprint density at radius 2 is 1.56 bits per heavy atom. The summed E-state index contributed by atoms with van der Waals surface area (Å²) in [7, 11) is 6.20. The SMILES string of the molecule is COc1cc(NC(=O)c2ccc(CNC(=O)NC(C)C)cc2)c(C(=O)N(C)C)cc1OC. The minimum Gasteiger partial charge on any atom is -0.493 e. The third-order valence-corrected chi connectivity index (χ3v) is 4.50. The second-order valence-corrected chi connectivity index (χ2v) is 7.59. The first-order chi connectivity index (χ1) is 15.2. The summed E-state index contributed by atoms with van der Waals surface area (Å²) in [6.07, 6.45) is 0. The average molecular weight is 443 g/mol. The van der Waals surface area contributed by atoms with E-state index in [0.29, 0.717) is 29.3 Å². The summed E-state index contributed by atoms with van der Waals surface area (Å²) in [5, 5.41) is 8.28. The molecular weight excluding hydrogens is 412 g/mol. The van der Waals surface area contributed by atoms with E-state index < -0.39 is 0 Å². The molecule has 172 valence electrons. The Balaban J connectivity index is 2.19. The zero-order valence-electron chi connectivity index (χ0n) is 19.2. The molecule has 0 fully saturated rings. The summed E-state index contributed by atoms with van der Waals surface area (Å²) < 4.78 is 10.6. The van der Waals surface area contributed by atoms with Crippen molar-refractivity contribution in [1.29, 1.82) is 0 Å². The molecule has 0 unspecified atom stereocenters. The highest BCUT2D eigenvalue weighted by molar-refractivity contribution is 6.09. The molecule has 3 N–H and O–H groups in total. The van der Waals surface area contributed by atoms with Crippen molar-refractivity contribution in [3.8, 4) is 11.5 Å². The lowest BCUT2D eigenvalue weighted by atomic mass is 10.1. The Morgan fingerprint density at radius 3 is 2.09 bits per heavy atom. The number of ether oxygens (including phenoxy) is 2. The van der Waals surface area contributed by atoms with Gasteiger partial charge >= 0.3 is 6.03 Å². The van der Waals surface area contributed by atoms with Crippen molar-refractivity contribution in [3.05, 3.63) is 53.1 Å². The van der Waals surface area contributed by atoms with Gasteiger partial charge in [-0.05, 0) is 37.6 Å². The number of urea groups is 1. The van der Waals surface area contributed by atoms with E-state index in [1.807, 2.05) is 13.8 Å². The van der Waals surface area contributed by atoms with Crippen LogP contribution >= 0.6 is 0 Å². The molecule has 2 rings (SSSR count). The van der Waals surface area contributed by atoms with E-state index in [1.54, 1.807) is 44.4 Å². The van der Waals surface area contributed by atoms with Gasteiger partial charge in [-0.25, -0.2) is 4.79 Å². The van der Waals surface area contributed by atoms with Crippen LogP contribution in [0.3, 0.4) is 0 Å². The predicted molar refractivity (Wildman–Crippen MR) is 122 cm³/mol. The molecule has 9 nitrogen and oxygen atoms in total. The monoisotopic (exact) mass is 442 g/mol. The van der Waals surface area contributed by atoms with Gasteiger partial charge in [0.2, 0.25) is 0 Å². The molecule has 0 atom stereocenters. The van der Waals surface area contributed by atoms with Crippen molar-refractivity contribution in [3.63, 3.8) is 0 Å². The third-order valence-electron chi connectivity index (χ3n) is 4.50. The Kier molecular flexibility index (Phi) is 8.46. The Labute approximate surface area is 188 Å². The highest BCUT2D eigenvalue weighted by Crippen LogP contribution is 2.34. The highest BCUT2D eigenvalue weighted by Gasteiger charge is 2.20. The number of carbonyl (C=O) groups excluding carboxylic acids is 3. The van der Waals surface area contributed by atoms with Crippen LogP contribution in [0, 0.1) is 0 Å². The van der Waals surface area contributed by atoms with Crippen molar-refractivity contribution in [1.82, 2.24) is 15.5 Å². The molecule has 0 saturated carbocycles. The first-order valence-corrected chi connectivity index (χ1v) is 10.1. The minimum atomic E-state index is -0.387.